The highest BCUT2D eigenvalue weighted by molar-refractivity contribution is 7.98. The quantitative estimate of drug-likeness (QED) is 0.308. The van der Waals surface area contributed by atoms with Crippen LogP contribution in [0.25, 0.3) is 21.8 Å². The van der Waals surface area contributed by atoms with Crippen molar-refractivity contribution in [3.63, 3.8) is 0 Å². The average molecular weight is 388 g/mol. The van der Waals surface area contributed by atoms with Gasteiger partial charge in [0.05, 0.1) is 5.52 Å². The van der Waals surface area contributed by atoms with Gasteiger partial charge < -0.3 is 4.57 Å². The molecule has 0 saturated carbocycles. The van der Waals surface area contributed by atoms with Crippen LogP contribution in [0, 0.1) is 0 Å². The van der Waals surface area contributed by atoms with Crippen molar-refractivity contribution in [3.8, 4) is 0 Å². The first kappa shape index (κ1) is 19.1. The molecule has 0 aliphatic carbocycles. The third kappa shape index (κ3) is 3.24. The molecule has 0 unspecified atom stereocenters. The molecule has 0 bridgehead atoms. The van der Waals surface area contributed by atoms with Gasteiger partial charge in [-0.2, -0.15) is 0 Å². The van der Waals surface area contributed by atoms with Crippen molar-refractivity contribution in [2.75, 3.05) is 6.26 Å². The van der Waals surface area contributed by atoms with Gasteiger partial charge >= 0.3 is 0 Å². The fourth-order valence-electron chi connectivity index (χ4n) is 4.43. The van der Waals surface area contributed by atoms with Crippen LogP contribution in [0.3, 0.4) is 0 Å². The summed E-state index contributed by atoms with van der Waals surface area (Å²) in [4.78, 5) is 1.39. The highest BCUT2D eigenvalue weighted by Gasteiger charge is 2.21. The molecule has 0 atom stereocenters. The Morgan fingerprint density at radius 3 is 2.36 bits per heavy atom. The van der Waals surface area contributed by atoms with Crippen molar-refractivity contribution in [2.45, 2.75) is 51.0 Å². The molecule has 4 aromatic rings. The number of aryl methyl sites for hydroxylation is 1. The van der Waals surface area contributed by atoms with E-state index >= 15 is 0 Å². The maximum Gasteiger partial charge on any atom is 0.0635 e. The highest BCUT2D eigenvalue weighted by atomic mass is 32.2. The van der Waals surface area contributed by atoms with Crippen LogP contribution < -0.4 is 0 Å². The van der Waals surface area contributed by atoms with Crippen LogP contribution in [-0.2, 0) is 13.0 Å². The Morgan fingerprint density at radius 2 is 1.68 bits per heavy atom. The van der Waals surface area contributed by atoms with Crippen LogP contribution in [0.4, 0.5) is 0 Å². The van der Waals surface area contributed by atoms with Crippen molar-refractivity contribution < 1.29 is 0 Å². The number of rotatable bonds is 6. The minimum absolute atomic E-state index is 0.535. The van der Waals surface area contributed by atoms with E-state index in [1.165, 1.54) is 44.2 Å². The van der Waals surface area contributed by atoms with E-state index in [2.05, 4.69) is 92.3 Å². The van der Waals surface area contributed by atoms with Crippen molar-refractivity contribution in [3.05, 3.63) is 77.4 Å². The van der Waals surface area contributed by atoms with E-state index in [0.717, 1.165) is 13.0 Å². The predicted octanol–water partition coefficient (Wildman–Crippen LogP) is 7.64. The van der Waals surface area contributed by atoms with E-state index in [1.807, 2.05) is 11.8 Å². The Kier molecular flexibility index (Phi) is 5.50. The minimum atomic E-state index is 0.535. The number of benzene rings is 3. The zero-order valence-electron chi connectivity index (χ0n) is 17.3. The first-order valence-electron chi connectivity index (χ1n) is 10.3. The van der Waals surface area contributed by atoms with Gasteiger partial charge in [0.1, 0.15) is 0 Å². The smallest absolute Gasteiger partial charge is 0.0635 e. The van der Waals surface area contributed by atoms with Gasteiger partial charge in [0.15, 0.2) is 0 Å². The second kappa shape index (κ2) is 8.05. The Labute approximate surface area is 172 Å². The maximum atomic E-state index is 2.54. The largest absolute Gasteiger partial charge is 0.335 e. The number of hydrogen-bond donors (Lipinski definition) is 0. The summed E-state index contributed by atoms with van der Waals surface area (Å²) < 4.78 is 2.54. The summed E-state index contributed by atoms with van der Waals surface area (Å²) in [6, 6.07) is 22.2. The monoisotopic (exact) mass is 387 g/mol. The number of fused-ring (bicyclic) bond motifs is 3. The Morgan fingerprint density at radius 1 is 0.964 bits per heavy atom. The summed E-state index contributed by atoms with van der Waals surface area (Å²) in [5.74, 6) is 0.535. The summed E-state index contributed by atoms with van der Waals surface area (Å²) in [6.07, 6.45) is 4.52. The molecule has 4 rings (SSSR count). The van der Waals surface area contributed by atoms with Crippen LogP contribution >= 0.6 is 11.8 Å². The molecular formula is C26H29NS. The van der Waals surface area contributed by atoms with Crippen molar-refractivity contribution in [1.29, 1.82) is 0 Å². The second-order valence-corrected chi connectivity index (χ2v) is 8.71. The fourth-order valence-corrected chi connectivity index (χ4v) is 5.08. The Balaban J connectivity index is 2.12. The first-order chi connectivity index (χ1) is 13.7. The predicted molar refractivity (Wildman–Crippen MR) is 125 cm³/mol. The van der Waals surface area contributed by atoms with Crippen LogP contribution in [0.1, 0.15) is 49.8 Å². The summed E-state index contributed by atoms with van der Waals surface area (Å²) in [5, 5.41) is 2.87. The molecule has 0 aliphatic heterocycles. The van der Waals surface area contributed by atoms with Crippen LogP contribution in [0.5, 0.6) is 0 Å². The summed E-state index contributed by atoms with van der Waals surface area (Å²) in [7, 11) is 0. The molecule has 0 spiro atoms. The first-order valence-corrected chi connectivity index (χ1v) is 11.5. The molecule has 0 aliphatic rings. The third-order valence-corrected chi connectivity index (χ3v) is 6.42. The van der Waals surface area contributed by atoms with E-state index < -0.39 is 0 Å². The van der Waals surface area contributed by atoms with Gasteiger partial charge in [0, 0.05) is 27.7 Å². The van der Waals surface area contributed by atoms with Gasteiger partial charge in [-0.05, 0) is 47.4 Å². The Bertz CT molecular complexity index is 1110. The van der Waals surface area contributed by atoms with Crippen molar-refractivity contribution in [1.82, 2.24) is 4.57 Å². The lowest BCUT2D eigenvalue weighted by molar-refractivity contribution is 0.818. The van der Waals surface area contributed by atoms with E-state index in [-0.39, 0.29) is 0 Å². The van der Waals surface area contributed by atoms with Gasteiger partial charge in [0.25, 0.3) is 0 Å². The van der Waals surface area contributed by atoms with E-state index in [9.17, 15) is 0 Å². The molecular weight excluding hydrogens is 358 g/mol. The topological polar surface area (TPSA) is 4.93 Å². The molecule has 1 heterocycles. The zero-order chi connectivity index (χ0) is 19.7. The third-order valence-electron chi connectivity index (χ3n) is 5.67. The van der Waals surface area contributed by atoms with Gasteiger partial charge in [-0.3, -0.25) is 0 Å². The molecule has 2 heteroatoms. The molecule has 28 heavy (non-hydrogen) atoms. The molecule has 1 aromatic heterocycles. The number of para-hydroxylation sites is 1. The summed E-state index contributed by atoms with van der Waals surface area (Å²) >= 11 is 1.88. The average Bonchev–Trinajstić information content (AvgIpc) is 3.04. The molecule has 0 saturated heterocycles. The molecule has 3 aromatic carbocycles. The zero-order valence-corrected chi connectivity index (χ0v) is 18.1. The SMILES string of the molecule is CCCc1c(C(C)C)cc(SC)c2c1c1ccccc1n2Cc1ccccc1. The highest BCUT2D eigenvalue weighted by Crippen LogP contribution is 2.41. The minimum Gasteiger partial charge on any atom is -0.335 e. The number of hydrogen-bond acceptors (Lipinski definition) is 1. The lowest BCUT2D eigenvalue weighted by atomic mass is 9.91. The van der Waals surface area contributed by atoms with Crippen LogP contribution in [0.15, 0.2) is 65.6 Å². The molecule has 144 valence electrons. The number of nitrogens with zero attached hydrogens (tertiary/aromatic N) is 1. The maximum absolute atomic E-state index is 2.54. The van der Waals surface area contributed by atoms with Gasteiger partial charge in [-0.15, -0.1) is 11.8 Å². The molecule has 1 nitrogen and oxygen atoms in total. The van der Waals surface area contributed by atoms with Gasteiger partial charge in [0.2, 0.25) is 0 Å². The van der Waals surface area contributed by atoms with Crippen LogP contribution in [0.2, 0.25) is 0 Å². The molecule has 0 N–H and O–H groups in total. The summed E-state index contributed by atoms with van der Waals surface area (Å²) in [6.45, 7) is 7.85. The van der Waals surface area contributed by atoms with Crippen LogP contribution in [-0.4, -0.2) is 10.8 Å². The number of aromatic nitrogens is 1. The van der Waals surface area contributed by atoms with E-state index in [0.29, 0.717) is 5.92 Å². The fraction of sp³-hybridized carbons (Fsp3) is 0.308. The van der Waals surface area contributed by atoms with Crippen molar-refractivity contribution >= 4 is 33.6 Å². The summed E-state index contributed by atoms with van der Waals surface area (Å²) in [5.41, 5.74) is 7.16. The molecule has 0 radical (unpaired) electrons. The second-order valence-electron chi connectivity index (χ2n) is 7.86. The number of thioether (sulfide) groups is 1. The van der Waals surface area contributed by atoms with Gasteiger partial charge in [-0.1, -0.05) is 75.7 Å². The van der Waals surface area contributed by atoms with Gasteiger partial charge in [-0.25, -0.2) is 0 Å². The van der Waals surface area contributed by atoms with Crippen molar-refractivity contribution in [2.24, 2.45) is 0 Å². The lowest BCUT2D eigenvalue weighted by Crippen LogP contribution is -2.03. The Hall–Kier alpha value is -2.19. The standard InChI is InChI=1S/C26H29NS/c1-5-11-20-22(18(2)3)16-24(28-4)26-25(20)21-14-9-10-15-23(21)27(26)17-19-12-7-6-8-13-19/h6-10,12-16,18H,5,11,17H2,1-4H3. The van der Waals surface area contributed by atoms with E-state index in [4.69, 9.17) is 0 Å². The molecule has 0 fully saturated rings. The van der Waals surface area contributed by atoms with E-state index in [1.54, 1.807) is 5.56 Å². The lowest BCUT2D eigenvalue weighted by Gasteiger charge is -2.18. The molecule has 0 amide bonds. The normalized spacial score (nSPS) is 11.8.